The smallest absolute Gasteiger partial charge is 0.338 e. The fraction of sp³-hybridized carbons (Fsp3) is 0.0625. The Hall–Kier alpha value is -2.06. The number of hydrogen-bond donors (Lipinski definition) is 0. The van der Waals surface area contributed by atoms with Crippen molar-refractivity contribution in [3.8, 4) is 0 Å². The summed E-state index contributed by atoms with van der Waals surface area (Å²) in [5.74, 6) is -0.383. The highest BCUT2D eigenvalue weighted by Gasteiger charge is 2.12. The van der Waals surface area contributed by atoms with Crippen molar-refractivity contribution in [2.24, 2.45) is 0 Å². The van der Waals surface area contributed by atoms with Gasteiger partial charge in [0.05, 0.1) is 12.7 Å². The van der Waals surface area contributed by atoms with Crippen molar-refractivity contribution in [3.63, 3.8) is 0 Å². The average Bonchev–Trinajstić information content (AvgIpc) is 2.46. The van der Waals surface area contributed by atoms with E-state index < -0.39 is 0 Å². The summed E-state index contributed by atoms with van der Waals surface area (Å²) >= 11 is 6.11. The van der Waals surface area contributed by atoms with Gasteiger partial charge < -0.3 is 4.74 Å². The topological polar surface area (TPSA) is 26.3 Å². The maximum absolute atomic E-state index is 11.9. The molecule has 2 aromatic carbocycles. The third-order valence-electron chi connectivity index (χ3n) is 2.70. The number of benzene rings is 2. The van der Waals surface area contributed by atoms with E-state index in [1.807, 2.05) is 48.5 Å². The minimum Gasteiger partial charge on any atom is -0.465 e. The van der Waals surface area contributed by atoms with Crippen LogP contribution in [-0.4, -0.2) is 13.1 Å². The van der Waals surface area contributed by atoms with Gasteiger partial charge in [0.25, 0.3) is 0 Å². The number of halogens is 1. The summed E-state index contributed by atoms with van der Waals surface area (Å²) in [7, 11) is 1.37. The van der Waals surface area contributed by atoms with Crippen LogP contribution in [-0.2, 0) is 9.53 Å². The third-order valence-corrected chi connectivity index (χ3v) is 3.04. The monoisotopic (exact) mass is 272 g/mol. The summed E-state index contributed by atoms with van der Waals surface area (Å²) in [5.41, 5.74) is 2.07. The Morgan fingerprint density at radius 3 is 2.32 bits per heavy atom. The highest BCUT2D eigenvalue weighted by atomic mass is 35.5. The zero-order valence-corrected chi connectivity index (χ0v) is 11.2. The fourth-order valence-electron chi connectivity index (χ4n) is 1.74. The van der Waals surface area contributed by atoms with Crippen LogP contribution in [0.1, 0.15) is 11.1 Å². The van der Waals surface area contributed by atoms with Crippen LogP contribution < -0.4 is 0 Å². The van der Waals surface area contributed by atoms with Crippen molar-refractivity contribution in [3.05, 3.63) is 70.7 Å². The molecular formula is C16H13ClO2. The van der Waals surface area contributed by atoms with Crippen molar-refractivity contribution in [2.45, 2.75) is 0 Å². The van der Waals surface area contributed by atoms with E-state index in [0.29, 0.717) is 10.6 Å². The fourth-order valence-corrected chi connectivity index (χ4v) is 1.93. The van der Waals surface area contributed by atoms with Crippen molar-refractivity contribution < 1.29 is 9.53 Å². The first-order valence-electron chi connectivity index (χ1n) is 5.82. The summed E-state index contributed by atoms with van der Waals surface area (Å²) in [4.78, 5) is 11.9. The largest absolute Gasteiger partial charge is 0.465 e. The molecule has 0 saturated carbocycles. The van der Waals surface area contributed by atoms with Crippen LogP contribution >= 0.6 is 11.6 Å². The summed E-state index contributed by atoms with van der Waals surface area (Å²) in [6.07, 6.45) is 1.74. The molecule has 0 heterocycles. The molecule has 19 heavy (non-hydrogen) atoms. The Labute approximate surface area is 117 Å². The summed E-state index contributed by atoms with van der Waals surface area (Å²) in [6, 6.07) is 16.7. The number of carbonyl (C=O) groups excluding carboxylic acids is 1. The predicted molar refractivity (Wildman–Crippen MR) is 77.8 cm³/mol. The maximum atomic E-state index is 11.9. The number of ether oxygens (including phenoxy) is 1. The summed E-state index contributed by atoms with van der Waals surface area (Å²) < 4.78 is 4.83. The van der Waals surface area contributed by atoms with Crippen LogP contribution in [0.5, 0.6) is 0 Å². The highest BCUT2D eigenvalue weighted by Crippen LogP contribution is 2.23. The van der Waals surface area contributed by atoms with Gasteiger partial charge in [-0.05, 0) is 23.3 Å². The molecular weight excluding hydrogens is 260 g/mol. The van der Waals surface area contributed by atoms with E-state index >= 15 is 0 Å². The van der Waals surface area contributed by atoms with E-state index in [4.69, 9.17) is 16.3 Å². The predicted octanol–water partition coefficient (Wildman–Crippen LogP) is 4.05. The quantitative estimate of drug-likeness (QED) is 0.479. The molecule has 0 aliphatic rings. The van der Waals surface area contributed by atoms with E-state index in [2.05, 4.69) is 0 Å². The van der Waals surface area contributed by atoms with Crippen molar-refractivity contribution in [1.29, 1.82) is 0 Å². The van der Waals surface area contributed by atoms with E-state index in [9.17, 15) is 4.79 Å². The zero-order chi connectivity index (χ0) is 13.7. The number of hydrogen-bond acceptors (Lipinski definition) is 2. The molecule has 3 heteroatoms. The first-order valence-corrected chi connectivity index (χ1v) is 6.20. The number of carbonyl (C=O) groups is 1. The molecule has 0 N–H and O–H groups in total. The minimum absolute atomic E-state index is 0.383. The van der Waals surface area contributed by atoms with Gasteiger partial charge in [-0.1, -0.05) is 60.1 Å². The molecule has 0 saturated heterocycles. The van der Waals surface area contributed by atoms with Crippen LogP contribution in [0.25, 0.3) is 11.6 Å². The molecule has 0 unspecified atom stereocenters. The molecule has 2 aromatic rings. The van der Waals surface area contributed by atoms with Crippen LogP contribution in [0.15, 0.2) is 54.6 Å². The zero-order valence-electron chi connectivity index (χ0n) is 10.5. The molecule has 96 valence electrons. The van der Waals surface area contributed by atoms with Gasteiger partial charge >= 0.3 is 5.97 Å². The molecule has 0 spiro atoms. The molecule has 0 atom stereocenters. The van der Waals surface area contributed by atoms with E-state index in [1.165, 1.54) is 7.11 Å². The second kappa shape index (κ2) is 6.21. The SMILES string of the molecule is COC(=O)/C(=C/c1ccccc1Cl)c1ccccc1. The van der Waals surface area contributed by atoms with Crippen molar-refractivity contribution >= 4 is 29.2 Å². The van der Waals surface area contributed by atoms with Crippen LogP contribution in [0.2, 0.25) is 5.02 Å². The van der Waals surface area contributed by atoms with Gasteiger partial charge in [0.1, 0.15) is 0 Å². The van der Waals surface area contributed by atoms with Gasteiger partial charge in [0.2, 0.25) is 0 Å². The number of esters is 1. The first-order chi connectivity index (χ1) is 9.22. The molecule has 0 aliphatic heterocycles. The lowest BCUT2D eigenvalue weighted by Crippen LogP contribution is -2.03. The van der Waals surface area contributed by atoms with Gasteiger partial charge in [0, 0.05) is 5.02 Å². The summed E-state index contributed by atoms with van der Waals surface area (Å²) in [5, 5.41) is 0.597. The maximum Gasteiger partial charge on any atom is 0.338 e. The lowest BCUT2D eigenvalue weighted by Gasteiger charge is -2.06. The second-order valence-corrected chi connectivity index (χ2v) is 4.34. The highest BCUT2D eigenvalue weighted by molar-refractivity contribution is 6.33. The molecule has 0 amide bonds. The number of methoxy groups -OCH3 is 1. The molecule has 0 aromatic heterocycles. The van der Waals surface area contributed by atoms with Crippen LogP contribution in [0.4, 0.5) is 0 Å². The Morgan fingerprint density at radius 1 is 1.05 bits per heavy atom. The average molecular weight is 273 g/mol. The standard InChI is InChI=1S/C16H13ClO2/c1-19-16(18)14(12-7-3-2-4-8-12)11-13-9-5-6-10-15(13)17/h2-11H,1H3/b14-11+. The Balaban J connectivity index is 2.51. The van der Waals surface area contributed by atoms with Gasteiger partial charge in [-0.2, -0.15) is 0 Å². The lowest BCUT2D eigenvalue weighted by atomic mass is 10.0. The van der Waals surface area contributed by atoms with Gasteiger partial charge in [-0.3, -0.25) is 0 Å². The Morgan fingerprint density at radius 2 is 1.68 bits per heavy atom. The van der Waals surface area contributed by atoms with E-state index in [1.54, 1.807) is 12.1 Å². The molecule has 0 fully saturated rings. The summed E-state index contributed by atoms with van der Waals surface area (Å²) in [6.45, 7) is 0. The molecule has 0 aliphatic carbocycles. The third kappa shape index (κ3) is 3.24. The Kier molecular flexibility index (Phi) is 4.37. The lowest BCUT2D eigenvalue weighted by molar-refractivity contribution is -0.133. The van der Waals surface area contributed by atoms with Crippen LogP contribution in [0, 0.1) is 0 Å². The van der Waals surface area contributed by atoms with Gasteiger partial charge in [0.15, 0.2) is 0 Å². The normalized spacial score (nSPS) is 11.2. The van der Waals surface area contributed by atoms with E-state index in [0.717, 1.165) is 11.1 Å². The molecule has 0 bridgehead atoms. The van der Waals surface area contributed by atoms with Crippen LogP contribution in [0.3, 0.4) is 0 Å². The minimum atomic E-state index is -0.383. The molecule has 0 radical (unpaired) electrons. The van der Waals surface area contributed by atoms with Gasteiger partial charge in [-0.15, -0.1) is 0 Å². The molecule has 2 nitrogen and oxygen atoms in total. The van der Waals surface area contributed by atoms with Gasteiger partial charge in [-0.25, -0.2) is 4.79 Å². The first kappa shape index (κ1) is 13.4. The Bertz CT molecular complexity index is 603. The van der Waals surface area contributed by atoms with Crippen molar-refractivity contribution in [1.82, 2.24) is 0 Å². The van der Waals surface area contributed by atoms with E-state index in [-0.39, 0.29) is 5.97 Å². The van der Waals surface area contributed by atoms with Crippen molar-refractivity contribution in [2.75, 3.05) is 7.11 Å². The molecule has 2 rings (SSSR count). The second-order valence-electron chi connectivity index (χ2n) is 3.94. The number of rotatable bonds is 3.